The minimum atomic E-state index is 0.303. The van der Waals surface area contributed by atoms with Gasteiger partial charge in [-0.05, 0) is 11.1 Å². The Hall–Kier alpha value is -2.22. The molecule has 4 N–H and O–H groups in total. The van der Waals surface area contributed by atoms with E-state index in [0.29, 0.717) is 17.3 Å². The van der Waals surface area contributed by atoms with E-state index in [-0.39, 0.29) is 0 Å². The van der Waals surface area contributed by atoms with Crippen LogP contribution in [0.2, 0.25) is 0 Å². The molecule has 2 heteroatoms. The fourth-order valence-electron chi connectivity index (χ4n) is 2.70. The summed E-state index contributed by atoms with van der Waals surface area (Å²) in [6, 6.07) is 16.4. The molecule has 0 amide bonds. The first-order chi connectivity index (χ1) is 8.70. The summed E-state index contributed by atoms with van der Waals surface area (Å²) in [4.78, 5) is 0. The summed E-state index contributed by atoms with van der Waals surface area (Å²) in [5, 5.41) is 0. The molecule has 2 aromatic carbocycles. The van der Waals surface area contributed by atoms with Crippen LogP contribution < -0.4 is 11.5 Å². The Labute approximate surface area is 107 Å². The third-order valence-corrected chi connectivity index (χ3v) is 3.73. The molecule has 2 aromatic rings. The van der Waals surface area contributed by atoms with Crippen molar-refractivity contribution in [1.82, 2.24) is 0 Å². The molecule has 0 aliphatic heterocycles. The molecule has 0 aromatic heterocycles. The second kappa shape index (κ2) is 3.91. The normalized spacial score (nSPS) is 14.9. The van der Waals surface area contributed by atoms with Crippen molar-refractivity contribution in [1.29, 1.82) is 0 Å². The highest BCUT2D eigenvalue weighted by atomic mass is 14.7. The highest BCUT2D eigenvalue weighted by Crippen LogP contribution is 2.37. The topological polar surface area (TPSA) is 52.0 Å². The van der Waals surface area contributed by atoms with Crippen LogP contribution in [0.4, 0.5) is 0 Å². The molecule has 0 heterocycles. The fourth-order valence-corrected chi connectivity index (χ4v) is 2.70. The molecule has 0 atom stereocenters. The van der Waals surface area contributed by atoms with E-state index in [0.717, 1.165) is 11.1 Å². The van der Waals surface area contributed by atoms with E-state index in [9.17, 15) is 0 Å². The van der Waals surface area contributed by atoms with Gasteiger partial charge in [-0.3, -0.25) is 0 Å². The van der Waals surface area contributed by atoms with E-state index < -0.39 is 0 Å². The van der Waals surface area contributed by atoms with Crippen molar-refractivity contribution in [2.45, 2.75) is 12.8 Å². The Balaban J connectivity index is 2.39. The molecule has 0 unspecified atom stereocenters. The molecule has 0 radical (unpaired) electrons. The van der Waals surface area contributed by atoms with Gasteiger partial charge in [0.15, 0.2) is 0 Å². The molecule has 3 rings (SSSR count). The Morgan fingerprint density at radius 2 is 1.11 bits per heavy atom. The molecule has 0 saturated heterocycles. The third kappa shape index (κ3) is 1.42. The van der Waals surface area contributed by atoms with Gasteiger partial charge in [0.25, 0.3) is 0 Å². The standard InChI is InChI=1S/C16H16N2/c1-10-11-6-2-4-8-13(11)15(17)16(18)14-9-5-3-7-12(10)14/h2-10H,17-18H2,1H3. The third-order valence-electron chi connectivity index (χ3n) is 3.73. The molecular formula is C16H16N2. The zero-order valence-corrected chi connectivity index (χ0v) is 10.4. The Morgan fingerprint density at radius 1 is 0.722 bits per heavy atom. The minimum Gasteiger partial charge on any atom is -0.397 e. The van der Waals surface area contributed by atoms with Crippen molar-refractivity contribution in [3.05, 3.63) is 70.8 Å². The molecule has 1 aliphatic carbocycles. The van der Waals surface area contributed by atoms with Crippen LogP contribution in [0.1, 0.15) is 35.1 Å². The van der Waals surface area contributed by atoms with Gasteiger partial charge >= 0.3 is 0 Å². The van der Waals surface area contributed by atoms with E-state index in [4.69, 9.17) is 11.5 Å². The minimum absolute atomic E-state index is 0.303. The first-order valence-corrected chi connectivity index (χ1v) is 6.14. The van der Waals surface area contributed by atoms with E-state index in [1.165, 1.54) is 11.1 Å². The van der Waals surface area contributed by atoms with Crippen molar-refractivity contribution in [2.75, 3.05) is 0 Å². The zero-order chi connectivity index (χ0) is 12.7. The van der Waals surface area contributed by atoms with Crippen molar-refractivity contribution in [3.63, 3.8) is 0 Å². The van der Waals surface area contributed by atoms with Crippen LogP contribution in [0.3, 0.4) is 0 Å². The number of nitrogens with two attached hydrogens (primary N) is 2. The molecule has 0 saturated carbocycles. The van der Waals surface area contributed by atoms with Crippen LogP contribution in [0.5, 0.6) is 0 Å². The highest BCUT2D eigenvalue weighted by molar-refractivity contribution is 5.91. The lowest BCUT2D eigenvalue weighted by molar-refractivity contribution is 0.917. The van der Waals surface area contributed by atoms with Gasteiger partial charge in [-0.1, -0.05) is 55.5 Å². The lowest BCUT2D eigenvalue weighted by Gasteiger charge is -2.15. The summed E-state index contributed by atoms with van der Waals surface area (Å²) in [7, 11) is 0. The summed E-state index contributed by atoms with van der Waals surface area (Å²) in [6.45, 7) is 2.20. The Bertz CT molecular complexity index is 586. The maximum absolute atomic E-state index is 6.22. The molecule has 18 heavy (non-hydrogen) atoms. The van der Waals surface area contributed by atoms with Crippen molar-refractivity contribution in [3.8, 4) is 0 Å². The quantitative estimate of drug-likeness (QED) is 0.739. The van der Waals surface area contributed by atoms with Crippen molar-refractivity contribution < 1.29 is 0 Å². The molecule has 0 bridgehead atoms. The van der Waals surface area contributed by atoms with Gasteiger partial charge in [0.1, 0.15) is 0 Å². The van der Waals surface area contributed by atoms with Crippen LogP contribution in [-0.2, 0) is 0 Å². The summed E-state index contributed by atoms with van der Waals surface area (Å²) >= 11 is 0. The van der Waals surface area contributed by atoms with Crippen LogP contribution in [-0.4, -0.2) is 0 Å². The van der Waals surface area contributed by atoms with Crippen LogP contribution in [0.25, 0.3) is 11.4 Å². The molecule has 0 spiro atoms. The largest absolute Gasteiger partial charge is 0.397 e. The van der Waals surface area contributed by atoms with Gasteiger partial charge in [-0.2, -0.15) is 0 Å². The Kier molecular flexibility index (Phi) is 2.37. The summed E-state index contributed by atoms with van der Waals surface area (Å²) in [5.74, 6) is 0.303. The monoisotopic (exact) mass is 236 g/mol. The van der Waals surface area contributed by atoms with Gasteiger partial charge in [-0.15, -0.1) is 0 Å². The molecule has 0 fully saturated rings. The van der Waals surface area contributed by atoms with Gasteiger partial charge in [0, 0.05) is 17.0 Å². The van der Waals surface area contributed by atoms with E-state index >= 15 is 0 Å². The van der Waals surface area contributed by atoms with Crippen molar-refractivity contribution >= 4 is 11.4 Å². The Morgan fingerprint density at radius 3 is 1.56 bits per heavy atom. The summed E-state index contributed by atoms with van der Waals surface area (Å²) in [6.07, 6.45) is 0. The van der Waals surface area contributed by atoms with E-state index in [2.05, 4.69) is 19.1 Å². The maximum Gasteiger partial charge on any atom is 0.0630 e. The van der Waals surface area contributed by atoms with E-state index in [1.807, 2.05) is 36.4 Å². The van der Waals surface area contributed by atoms with Crippen LogP contribution in [0, 0.1) is 0 Å². The van der Waals surface area contributed by atoms with Crippen molar-refractivity contribution in [2.24, 2.45) is 11.5 Å². The summed E-state index contributed by atoms with van der Waals surface area (Å²) in [5.41, 5.74) is 18.4. The second-order valence-corrected chi connectivity index (χ2v) is 4.72. The average molecular weight is 236 g/mol. The SMILES string of the molecule is CC1c2ccccc2C(N)=C(N)c2ccccc21. The van der Waals surface area contributed by atoms with Gasteiger partial charge in [0.05, 0.1) is 11.4 Å². The number of benzene rings is 2. The predicted molar refractivity (Wildman–Crippen MR) is 75.6 cm³/mol. The maximum atomic E-state index is 6.22. The lowest BCUT2D eigenvalue weighted by atomic mass is 9.89. The second-order valence-electron chi connectivity index (χ2n) is 4.72. The highest BCUT2D eigenvalue weighted by Gasteiger charge is 2.22. The molecule has 1 aliphatic rings. The number of hydrogen-bond donors (Lipinski definition) is 2. The number of hydrogen-bond acceptors (Lipinski definition) is 2. The van der Waals surface area contributed by atoms with Gasteiger partial charge < -0.3 is 11.5 Å². The first kappa shape index (κ1) is 10.9. The number of rotatable bonds is 0. The smallest absolute Gasteiger partial charge is 0.0630 e. The average Bonchev–Trinajstić information content (AvgIpc) is 2.51. The molecular weight excluding hydrogens is 220 g/mol. The molecule has 2 nitrogen and oxygen atoms in total. The van der Waals surface area contributed by atoms with Gasteiger partial charge in [-0.25, -0.2) is 0 Å². The van der Waals surface area contributed by atoms with E-state index in [1.54, 1.807) is 0 Å². The molecule has 90 valence electrons. The lowest BCUT2D eigenvalue weighted by Crippen LogP contribution is -2.07. The first-order valence-electron chi connectivity index (χ1n) is 6.14. The fraction of sp³-hybridized carbons (Fsp3) is 0.125. The predicted octanol–water partition coefficient (Wildman–Crippen LogP) is 2.90. The van der Waals surface area contributed by atoms with Crippen LogP contribution in [0.15, 0.2) is 48.5 Å². The van der Waals surface area contributed by atoms with Gasteiger partial charge in [0.2, 0.25) is 0 Å². The summed E-state index contributed by atoms with van der Waals surface area (Å²) < 4.78 is 0. The van der Waals surface area contributed by atoms with Crippen LogP contribution >= 0.6 is 0 Å². The zero-order valence-electron chi connectivity index (χ0n) is 10.4. The number of fused-ring (bicyclic) bond motifs is 2.